The van der Waals surface area contributed by atoms with E-state index in [0.717, 1.165) is 31.8 Å². The van der Waals surface area contributed by atoms with Gasteiger partial charge in [0.2, 0.25) is 5.91 Å². The van der Waals surface area contributed by atoms with E-state index in [2.05, 4.69) is 26.5 Å². The molecule has 3 aliphatic heterocycles. The van der Waals surface area contributed by atoms with Crippen LogP contribution in [0.4, 0.5) is 0 Å². The molecule has 6 rings (SSSR count). The minimum absolute atomic E-state index is 0.239. The lowest BCUT2D eigenvalue weighted by molar-refractivity contribution is -0.945. The fourth-order valence-corrected chi connectivity index (χ4v) is 5.79. The van der Waals surface area contributed by atoms with Crippen LogP contribution >= 0.6 is 0 Å². The molecule has 148 valence electrons. The van der Waals surface area contributed by atoms with Gasteiger partial charge in [-0.25, -0.2) is 4.68 Å². The van der Waals surface area contributed by atoms with Crippen molar-refractivity contribution >= 4 is 5.91 Å². The summed E-state index contributed by atoms with van der Waals surface area (Å²) >= 11 is 0. The van der Waals surface area contributed by atoms with Gasteiger partial charge >= 0.3 is 0 Å². The van der Waals surface area contributed by atoms with Gasteiger partial charge in [-0.1, -0.05) is 37.3 Å². The second-order valence-electron chi connectivity index (χ2n) is 9.62. The topological polar surface area (TPSA) is 64.2 Å². The number of carbonyl (C=O) groups is 1. The number of carbonyl (C=O) groups excluding carboxylic acids is 1. The molecule has 2 saturated carbocycles. The molecule has 0 radical (unpaired) electrons. The standard InChI is InChI=1S/C21H33N5O/c27-21(22-17-6-7-17)20-14-25-9-8-16(20)11-19(25)13-26-12-18(23-24-26)10-15-4-2-1-3-5-15/h12,15-17,19-20H,1-11,13-14H2,(H,22,27)/p+1/t16-,19+,20-/m0/s1. The Morgan fingerprint density at radius 3 is 2.78 bits per heavy atom. The van der Waals surface area contributed by atoms with Crippen LogP contribution in [-0.2, 0) is 17.8 Å². The molecule has 0 aromatic carbocycles. The van der Waals surface area contributed by atoms with Gasteiger partial charge in [-0.15, -0.1) is 5.10 Å². The number of aromatic nitrogens is 3. The second-order valence-corrected chi connectivity index (χ2v) is 9.62. The van der Waals surface area contributed by atoms with Crippen LogP contribution in [-0.4, -0.2) is 46.1 Å². The van der Waals surface area contributed by atoms with Crippen LogP contribution in [0.1, 0.15) is 63.5 Å². The first-order valence-corrected chi connectivity index (χ1v) is 11.3. The molecule has 4 heterocycles. The number of piperidine rings is 3. The number of amides is 1. The normalized spacial score (nSPS) is 33.9. The molecule has 4 atom stereocenters. The van der Waals surface area contributed by atoms with Crippen molar-refractivity contribution < 1.29 is 9.69 Å². The molecule has 6 heteroatoms. The molecule has 2 bridgehead atoms. The van der Waals surface area contributed by atoms with Gasteiger partial charge in [0.15, 0.2) is 0 Å². The van der Waals surface area contributed by atoms with Crippen molar-refractivity contribution in [2.45, 2.75) is 82.8 Å². The Labute approximate surface area is 162 Å². The molecule has 5 aliphatic rings. The lowest BCUT2D eigenvalue weighted by atomic mass is 9.75. The lowest BCUT2D eigenvalue weighted by Crippen LogP contribution is -3.20. The minimum atomic E-state index is 0.239. The molecule has 0 spiro atoms. The third kappa shape index (κ3) is 4.05. The van der Waals surface area contributed by atoms with Crippen LogP contribution < -0.4 is 10.2 Å². The Morgan fingerprint density at radius 1 is 1.19 bits per heavy atom. The molecule has 1 amide bonds. The van der Waals surface area contributed by atoms with Gasteiger partial charge in [-0.3, -0.25) is 4.79 Å². The molecule has 2 aliphatic carbocycles. The van der Waals surface area contributed by atoms with Crippen LogP contribution in [0.3, 0.4) is 0 Å². The highest BCUT2D eigenvalue weighted by Crippen LogP contribution is 2.29. The maximum Gasteiger partial charge on any atom is 0.229 e. The predicted octanol–water partition coefficient (Wildman–Crippen LogP) is 0.973. The first-order valence-electron chi connectivity index (χ1n) is 11.3. The fourth-order valence-electron chi connectivity index (χ4n) is 5.79. The van der Waals surface area contributed by atoms with E-state index in [1.54, 1.807) is 4.90 Å². The SMILES string of the molecule is O=C(NC1CC1)[C@H]1C[NH+]2CC[C@H]1C[C@@H]2Cn1cc(CC2CCCCC2)nn1. The molecule has 1 aromatic heterocycles. The Balaban J connectivity index is 1.16. The van der Waals surface area contributed by atoms with Crippen molar-refractivity contribution in [1.29, 1.82) is 0 Å². The molecule has 2 N–H and O–H groups in total. The Morgan fingerprint density at radius 2 is 2.04 bits per heavy atom. The minimum Gasteiger partial charge on any atom is -0.353 e. The number of hydrogen-bond donors (Lipinski definition) is 2. The average molecular weight is 373 g/mol. The van der Waals surface area contributed by atoms with Crippen molar-refractivity contribution in [3.05, 3.63) is 11.9 Å². The van der Waals surface area contributed by atoms with Gasteiger partial charge in [0.1, 0.15) is 6.04 Å². The van der Waals surface area contributed by atoms with Gasteiger partial charge in [0, 0.05) is 25.1 Å². The largest absolute Gasteiger partial charge is 0.353 e. The van der Waals surface area contributed by atoms with E-state index >= 15 is 0 Å². The summed E-state index contributed by atoms with van der Waals surface area (Å²) in [6.07, 6.45) is 14.9. The number of nitrogens with zero attached hydrogens (tertiary/aromatic N) is 3. The number of quaternary nitrogens is 1. The number of nitrogens with one attached hydrogen (secondary N) is 2. The summed E-state index contributed by atoms with van der Waals surface area (Å²) in [6.45, 7) is 3.18. The Hall–Kier alpha value is -1.43. The van der Waals surface area contributed by atoms with E-state index in [9.17, 15) is 4.79 Å². The molecule has 1 unspecified atom stereocenters. The van der Waals surface area contributed by atoms with Crippen molar-refractivity contribution in [3.63, 3.8) is 0 Å². The quantitative estimate of drug-likeness (QED) is 0.782. The van der Waals surface area contributed by atoms with Crippen LogP contribution in [0.15, 0.2) is 6.20 Å². The predicted molar refractivity (Wildman–Crippen MR) is 102 cm³/mol. The zero-order valence-electron chi connectivity index (χ0n) is 16.4. The molecular weight excluding hydrogens is 338 g/mol. The van der Waals surface area contributed by atoms with Crippen molar-refractivity contribution in [3.8, 4) is 0 Å². The van der Waals surface area contributed by atoms with E-state index in [-0.39, 0.29) is 5.92 Å². The van der Waals surface area contributed by atoms with Crippen LogP contribution in [0, 0.1) is 17.8 Å². The summed E-state index contributed by atoms with van der Waals surface area (Å²) in [5, 5.41) is 12.1. The summed E-state index contributed by atoms with van der Waals surface area (Å²) in [5.74, 6) is 1.95. The third-order valence-corrected chi connectivity index (χ3v) is 7.53. The Kier molecular flexibility index (Phi) is 4.92. The second kappa shape index (κ2) is 7.53. The zero-order valence-corrected chi connectivity index (χ0v) is 16.4. The summed E-state index contributed by atoms with van der Waals surface area (Å²) in [6, 6.07) is 1.08. The maximum absolute atomic E-state index is 12.5. The number of rotatable bonds is 6. The van der Waals surface area contributed by atoms with E-state index in [1.807, 2.05) is 0 Å². The molecule has 6 nitrogen and oxygen atoms in total. The first-order chi connectivity index (χ1) is 13.2. The summed E-state index contributed by atoms with van der Waals surface area (Å²) in [5.41, 5.74) is 1.18. The van der Waals surface area contributed by atoms with E-state index in [4.69, 9.17) is 0 Å². The highest BCUT2D eigenvalue weighted by atomic mass is 16.2. The number of fused-ring (bicyclic) bond motifs is 3. The number of hydrogen-bond acceptors (Lipinski definition) is 3. The zero-order chi connectivity index (χ0) is 18.2. The summed E-state index contributed by atoms with van der Waals surface area (Å²) < 4.78 is 2.08. The highest BCUT2D eigenvalue weighted by molar-refractivity contribution is 5.79. The van der Waals surface area contributed by atoms with E-state index < -0.39 is 0 Å². The monoisotopic (exact) mass is 372 g/mol. The van der Waals surface area contributed by atoms with Crippen molar-refractivity contribution in [1.82, 2.24) is 20.3 Å². The van der Waals surface area contributed by atoms with Gasteiger partial charge in [-0.2, -0.15) is 0 Å². The molecule has 27 heavy (non-hydrogen) atoms. The van der Waals surface area contributed by atoms with E-state index in [0.29, 0.717) is 23.9 Å². The van der Waals surface area contributed by atoms with Crippen LogP contribution in [0.5, 0.6) is 0 Å². The summed E-state index contributed by atoms with van der Waals surface area (Å²) in [4.78, 5) is 14.2. The van der Waals surface area contributed by atoms with Crippen molar-refractivity contribution in [2.24, 2.45) is 17.8 Å². The molecular formula is C21H34N5O+. The van der Waals surface area contributed by atoms with Crippen molar-refractivity contribution in [2.75, 3.05) is 13.1 Å². The molecule has 5 fully saturated rings. The summed E-state index contributed by atoms with van der Waals surface area (Å²) in [7, 11) is 0. The first kappa shape index (κ1) is 17.7. The van der Waals surface area contributed by atoms with Gasteiger partial charge in [-0.05, 0) is 31.1 Å². The molecule has 1 aromatic rings. The fraction of sp³-hybridized carbons (Fsp3) is 0.857. The van der Waals surface area contributed by atoms with Gasteiger partial charge < -0.3 is 10.2 Å². The maximum atomic E-state index is 12.5. The van der Waals surface area contributed by atoms with E-state index in [1.165, 1.54) is 63.6 Å². The highest BCUT2D eigenvalue weighted by Gasteiger charge is 2.47. The third-order valence-electron chi connectivity index (χ3n) is 7.53. The van der Waals surface area contributed by atoms with Crippen LogP contribution in [0.2, 0.25) is 0 Å². The average Bonchev–Trinajstić information content (AvgIpc) is 3.41. The smallest absolute Gasteiger partial charge is 0.229 e. The van der Waals surface area contributed by atoms with Gasteiger partial charge in [0.05, 0.1) is 31.2 Å². The Bertz CT molecular complexity index is 663. The molecule has 3 saturated heterocycles. The van der Waals surface area contributed by atoms with Crippen LogP contribution in [0.25, 0.3) is 0 Å². The van der Waals surface area contributed by atoms with Gasteiger partial charge in [0.25, 0.3) is 0 Å². The lowest BCUT2D eigenvalue weighted by Gasteiger charge is -2.46.